The van der Waals surface area contributed by atoms with Gasteiger partial charge in [0.1, 0.15) is 0 Å². The van der Waals surface area contributed by atoms with E-state index >= 15 is 0 Å². The monoisotopic (exact) mass is 291 g/mol. The molecule has 3 heteroatoms. The van der Waals surface area contributed by atoms with Gasteiger partial charge in [-0.2, -0.15) is 0 Å². The average Bonchev–Trinajstić information content (AvgIpc) is 2.54. The summed E-state index contributed by atoms with van der Waals surface area (Å²) in [6.07, 6.45) is 4.18. The highest BCUT2D eigenvalue weighted by atomic mass is 16.5. The molecule has 1 aliphatic rings. The Bertz CT molecular complexity index is 383. The van der Waals surface area contributed by atoms with Gasteiger partial charge in [-0.05, 0) is 25.9 Å². The van der Waals surface area contributed by atoms with E-state index in [1.54, 1.807) is 7.11 Å². The van der Waals surface area contributed by atoms with E-state index in [0.29, 0.717) is 0 Å². The highest BCUT2D eigenvalue weighted by Gasteiger charge is 2.08. The smallest absolute Gasteiger partial charge is 0.165 e. The SMILES string of the molecule is CC(C)C(=O)c1ccccc1.COCCN1CCCCC1. The second-order valence-electron chi connectivity index (χ2n) is 5.78. The molecule has 1 heterocycles. The predicted octanol–water partition coefficient (Wildman–Crippen LogP) is 3.64. The Morgan fingerprint density at radius 2 is 1.76 bits per heavy atom. The minimum atomic E-state index is 0.0948. The standard InChI is InChI=1S/C10H12O.C8H17NO/c1-8(2)10(11)9-6-4-3-5-7-9;1-10-8-7-9-5-3-2-4-6-9/h3-8H,1-2H3;2-8H2,1H3. The van der Waals surface area contributed by atoms with E-state index in [2.05, 4.69) is 4.90 Å². The molecule has 1 aliphatic heterocycles. The maximum Gasteiger partial charge on any atom is 0.165 e. The average molecular weight is 291 g/mol. The van der Waals surface area contributed by atoms with Crippen LogP contribution >= 0.6 is 0 Å². The lowest BCUT2D eigenvalue weighted by molar-refractivity contribution is 0.0939. The van der Waals surface area contributed by atoms with Crippen molar-refractivity contribution in [1.29, 1.82) is 0 Å². The molecule has 0 radical (unpaired) electrons. The first kappa shape index (κ1) is 17.9. The van der Waals surface area contributed by atoms with E-state index in [9.17, 15) is 4.79 Å². The predicted molar refractivity (Wildman–Crippen MR) is 87.8 cm³/mol. The third-order valence-corrected chi connectivity index (χ3v) is 3.64. The van der Waals surface area contributed by atoms with Gasteiger partial charge in [0.15, 0.2) is 5.78 Å². The van der Waals surface area contributed by atoms with Crippen LogP contribution in [0.3, 0.4) is 0 Å². The summed E-state index contributed by atoms with van der Waals surface area (Å²) >= 11 is 0. The summed E-state index contributed by atoms with van der Waals surface area (Å²) in [5.74, 6) is 0.308. The summed E-state index contributed by atoms with van der Waals surface area (Å²) in [6, 6.07) is 9.38. The highest BCUT2D eigenvalue weighted by molar-refractivity contribution is 5.97. The van der Waals surface area contributed by atoms with Crippen LogP contribution in [0.5, 0.6) is 0 Å². The quantitative estimate of drug-likeness (QED) is 0.776. The number of hydrogen-bond acceptors (Lipinski definition) is 3. The van der Waals surface area contributed by atoms with Crippen LogP contribution in [0.25, 0.3) is 0 Å². The fourth-order valence-electron chi connectivity index (χ4n) is 2.34. The van der Waals surface area contributed by atoms with Crippen LogP contribution in [0.15, 0.2) is 30.3 Å². The summed E-state index contributed by atoms with van der Waals surface area (Å²) in [7, 11) is 1.77. The first-order valence-corrected chi connectivity index (χ1v) is 7.95. The van der Waals surface area contributed by atoms with E-state index in [-0.39, 0.29) is 11.7 Å². The Labute approximate surface area is 129 Å². The molecule has 3 nitrogen and oxygen atoms in total. The molecule has 1 aromatic carbocycles. The molecular formula is C18H29NO2. The largest absolute Gasteiger partial charge is 0.383 e. The van der Waals surface area contributed by atoms with Gasteiger partial charge in [0.05, 0.1) is 6.61 Å². The van der Waals surface area contributed by atoms with Crippen LogP contribution in [0.2, 0.25) is 0 Å². The zero-order valence-electron chi connectivity index (χ0n) is 13.7. The summed E-state index contributed by atoms with van der Waals surface area (Å²) in [6.45, 7) is 8.40. The van der Waals surface area contributed by atoms with Gasteiger partial charge in [-0.15, -0.1) is 0 Å². The third-order valence-electron chi connectivity index (χ3n) is 3.64. The summed E-state index contributed by atoms with van der Waals surface area (Å²) in [5.41, 5.74) is 0.808. The lowest BCUT2D eigenvalue weighted by Crippen LogP contribution is -2.32. The summed E-state index contributed by atoms with van der Waals surface area (Å²) in [5, 5.41) is 0. The highest BCUT2D eigenvalue weighted by Crippen LogP contribution is 2.07. The van der Waals surface area contributed by atoms with Gasteiger partial charge in [-0.1, -0.05) is 50.6 Å². The molecule has 0 aliphatic carbocycles. The number of carbonyl (C=O) groups excluding carboxylic acids is 1. The number of carbonyl (C=O) groups is 1. The maximum atomic E-state index is 11.3. The van der Waals surface area contributed by atoms with Crippen molar-refractivity contribution in [3.8, 4) is 0 Å². The summed E-state index contributed by atoms with van der Waals surface area (Å²) < 4.78 is 5.00. The lowest BCUT2D eigenvalue weighted by atomic mass is 10.0. The number of Topliss-reactive ketones (excluding diaryl/α,β-unsaturated/α-hetero) is 1. The number of piperidine rings is 1. The van der Waals surface area contributed by atoms with Crippen LogP contribution in [-0.2, 0) is 4.74 Å². The molecule has 0 spiro atoms. The first-order valence-electron chi connectivity index (χ1n) is 7.95. The minimum absolute atomic E-state index is 0.0948. The molecule has 1 fully saturated rings. The molecule has 21 heavy (non-hydrogen) atoms. The molecule has 0 bridgehead atoms. The molecule has 0 saturated carbocycles. The number of likely N-dealkylation sites (tertiary alicyclic amines) is 1. The Balaban J connectivity index is 0.000000211. The van der Waals surface area contributed by atoms with Crippen LogP contribution in [-0.4, -0.2) is 44.0 Å². The molecule has 0 amide bonds. The van der Waals surface area contributed by atoms with Gasteiger partial charge < -0.3 is 9.64 Å². The Kier molecular flexibility index (Phi) is 8.95. The van der Waals surface area contributed by atoms with E-state index in [1.807, 2.05) is 44.2 Å². The maximum absolute atomic E-state index is 11.3. The van der Waals surface area contributed by atoms with Crippen molar-refractivity contribution in [2.45, 2.75) is 33.1 Å². The third kappa shape index (κ3) is 7.39. The van der Waals surface area contributed by atoms with Gasteiger partial charge in [0.25, 0.3) is 0 Å². The fourth-order valence-corrected chi connectivity index (χ4v) is 2.34. The van der Waals surface area contributed by atoms with Crippen LogP contribution in [0, 0.1) is 5.92 Å². The molecule has 0 atom stereocenters. The van der Waals surface area contributed by atoms with Crippen LogP contribution < -0.4 is 0 Å². The summed E-state index contributed by atoms with van der Waals surface area (Å²) in [4.78, 5) is 13.8. The topological polar surface area (TPSA) is 29.5 Å². The van der Waals surface area contributed by atoms with Crippen molar-refractivity contribution < 1.29 is 9.53 Å². The number of methoxy groups -OCH3 is 1. The van der Waals surface area contributed by atoms with E-state index in [0.717, 1.165) is 18.7 Å². The zero-order valence-corrected chi connectivity index (χ0v) is 13.7. The van der Waals surface area contributed by atoms with Crippen LogP contribution in [0.4, 0.5) is 0 Å². The zero-order chi connectivity index (χ0) is 15.5. The molecule has 1 saturated heterocycles. The normalized spacial score (nSPS) is 15.4. The lowest BCUT2D eigenvalue weighted by Gasteiger charge is -2.25. The van der Waals surface area contributed by atoms with Crippen molar-refractivity contribution in [2.24, 2.45) is 5.92 Å². The molecule has 118 valence electrons. The van der Waals surface area contributed by atoms with E-state index in [4.69, 9.17) is 4.74 Å². The number of nitrogens with zero attached hydrogens (tertiary/aromatic N) is 1. The van der Waals surface area contributed by atoms with Crippen molar-refractivity contribution in [1.82, 2.24) is 4.90 Å². The van der Waals surface area contributed by atoms with Gasteiger partial charge in [-0.3, -0.25) is 4.79 Å². The first-order chi connectivity index (χ1) is 10.1. The second kappa shape index (κ2) is 10.5. The molecule has 2 rings (SSSR count). The van der Waals surface area contributed by atoms with Gasteiger partial charge in [0.2, 0.25) is 0 Å². The van der Waals surface area contributed by atoms with Gasteiger partial charge >= 0.3 is 0 Å². The van der Waals surface area contributed by atoms with Crippen molar-refractivity contribution >= 4 is 5.78 Å². The van der Waals surface area contributed by atoms with E-state index in [1.165, 1.54) is 32.4 Å². The number of benzene rings is 1. The molecule has 0 N–H and O–H groups in total. The van der Waals surface area contributed by atoms with Crippen LogP contribution in [0.1, 0.15) is 43.5 Å². The van der Waals surface area contributed by atoms with Crippen molar-refractivity contribution in [3.63, 3.8) is 0 Å². The van der Waals surface area contributed by atoms with Gasteiger partial charge in [-0.25, -0.2) is 0 Å². The van der Waals surface area contributed by atoms with Gasteiger partial charge in [0, 0.05) is 25.1 Å². The minimum Gasteiger partial charge on any atom is -0.383 e. The van der Waals surface area contributed by atoms with E-state index < -0.39 is 0 Å². The molecule has 1 aromatic rings. The van der Waals surface area contributed by atoms with Crippen molar-refractivity contribution in [3.05, 3.63) is 35.9 Å². The Morgan fingerprint density at radius 1 is 1.14 bits per heavy atom. The fraction of sp³-hybridized carbons (Fsp3) is 0.611. The number of ketones is 1. The number of rotatable bonds is 5. The molecule has 0 aromatic heterocycles. The number of ether oxygens (including phenoxy) is 1. The molecule has 0 unspecified atom stereocenters. The Morgan fingerprint density at radius 3 is 2.29 bits per heavy atom. The Hall–Kier alpha value is -1.19. The second-order valence-corrected chi connectivity index (χ2v) is 5.78. The number of hydrogen-bond donors (Lipinski definition) is 0. The van der Waals surface area contributed by atoms with Crippen molar-refractivity contribution in [2.75, 3.05) is 33.4 Å². The molecular weight excluding hydrogens is 262 g/mol.